The summed E-state index contributed by atoms with van der Waals surface area (Å²) in [6.45, 7) is 9.44. The molecule has 0 aliphatic carbocycles. The van der Waals surface area contributed by atoms with Gasteiger partial charge in [0.05, 0.1) is 6.04 Å². The van der Waals surface area contributed by atoms with E-state index >= 15 is 0 Å². The molecule has 0 bridgehead atoms. The van der Waals surface area contributed by atoms with Crippen LogP contribution in [0.3, 0.4) is 0 Å². The normalized spacial score (nSPS) is 21.5. The van der Waals surface area contributed by atoms with Gasteiger partial charge in [-0.25, -0.2) is 0 Å². The van der Waals surface area contributed by atoms with Gasteiger partial charge < -0.3 is 9.80 Å². The number of rotatable bonds is 8. The Balaban J connectivity index is 3.18. The highest BCUT2D eigenvalue weighted by Gasteiger charge is 2.37. The van der Waals surface area contributed by atoms with Gasteiger partial charge in [-0.1, -0.05) is 40.2 Å². The van der Waals surface area contributed by atoms with Gasteiger partial charge in [0, 0.05) is 25.5 Å². The third-order valence-electron chi connectivity index (χ3n) is 4.97. The smallest absolute Gasteiger partial charge is 0.367 e. The molecule has 1 aliphatic heterocycles. The third kappa shape index (κ3) is 5.87. The summed E-state index contributed by atoms with van der Waals surface area (Å²) in [5.74, 6) is 0.282. The molecule has 25 heavy (non-hydrogen) atoms. The summed E-state index contributed by atoms with van der Waals surface area (Å²) in [6.07, 6.45) is 3.42. The highest BCUT2D eigenvalue weighted by atomic mass is 19.4. The van der Waals surface area contributed by atoms with Crippen LogP contribution < -0.4 is 0 Å². The zero-order chi connectivity index (χ0) is 19.2. The highest BCUT2D eigenvalue weighted by Crippen LogP contribution is 2.31. The minimum absolute atomic E-state index is 0.231. The summed E-state index contributed by atoms with van der Waals surface area (Å²) >= 11 is 0. The van der Waals surface area contributed by atoms with Gasteiger partial charge in [0.2, 0.25) is 0 Å². The molecule has 0 aromatic carbocycles. The molecule has 0 saturated carbocycles. The molecule has 1 aliphatic rings. The van der Waals surface area contributed by atoms with Crippen LogP contribution in [0, 0.1) is 5.92 Å². The third-order valence-corrected chi connectivity index (χ3v) is 4.97. The molecule has 0 aromatic heterocycles. The van der Waals surface area contributed by atoms with Gasteiger partial charge in [-0.15, -0.1) is 0 Å². The van der Waals surface area contributed by atoms with E-state index < -0.39 is 11.9 Å². The Morgan fingerprint density at radius 3 is 2.44 bits per heavy atom. The summed E-state index contributed by atoms with van der Waals surface area (Å²) in [5, 5.41) is 0. The average molecular weight is 359 g/mol. The lowest BCUT2D eigenvalue weighted by molar-refractivity contribution is -0.0937. The number of hydrogen-bond donors (Lipinski definition) is 0. The minimum atomic E-state index is -4.41. The Morgan fingerprint density at radius 2 is 2.00 bits per heavy atom. The fraction of sp³-hybridized carbons (Fsp3) is 0.737. The van der Waals surface area contributed by atoms with Crippen molar-refractivity contribution in [1.82, 2.24) is 9.80 Å². The van der Waals surface area contributed by atoms with Crippen molar-refractivity contribution in [1.29, 1.82) is 0 Å². The van der Waals surface area contributed by atoms with Crippen molar-refractivity contribution >= 4 is 6.21 Å². The minimum Gasteiger partial charge on any atom is -0.367 e. The quantitative estimate of drug-likeness (QED) is 0.576. The molecule has 0 radical (unpaired) electrons. The first-order valence-electron chi connectivity index (χ1n) is 9.12. The topological polar surface area (TPSA) is 18.8 Å². The predicted octanol–water partition coefficient (Wildman–Crippen LogP) is 4.87. The molecule has 0 N–H and O–H groups in total. The molecule has 3 atom stereocenters. The standard InChI is InChI=1S/C19H32F3N3/c1-7-10-15(24(5)9-3)11-16(14(4)8-2)17-12-23-18(13-25(17)6)19(20,21)22/h11-15,17H,7-10H2,1-6H3/b16-11+. The zero-order valence-corrected chi connectivity index (χ0v) is 16.3. The first-order valence-corrected chi connectivity index (χ1v) is 9.12. The van der Waals surface area contributed by atoms with Gasteiger partial charge in [-0.05, 0) is 37.9 Å². The monoisotopic (exact) mass is 359 g/mol. The largest absolute Gasteiger partial charge is 0.434 e. The lowest BCUT2D eigenvalue weighted by Crippen LogP contribution is -2.38. The molecule has 0 spiro atoms. The van der Waals surface area contributed by atoms with Gasteiger partial charge >= 0.3 is 6.18 Å². The van der Waals surface area contributed by atoms with Crippen LogP contribution in [0.1, 0.15) is 47.0 Å². The van der Waals surface area contributed by atoms with Gasteiger partial charge in [-0.3, -0.25) is 4.99 Å². The van der Waals surface area contributed by atoms with Crippen molar-refractivity contribution in [2.24, 2.45) is 10.9 Å². The number of aliphatic imine (C=N–C) groups is 1. The Hall–Kier alpha value is -1.30. The molecular formula is C19H32F3N3. The Labute approximate surface area is 150 Å². The van der Waals surface area contributed by atoms with Crippen LogP contribution in [0.5, 0.6) is 0 Å². The van der Waals surface area contributed by atoms with Crippen molar-refractivity contribution in [2.75, 3.05) is 20.6 Å². The fourth-order valence-corrected chi connectivity index (χ4v) is 3.00. The number of hydrogen-bond acceptors (Lipinski definition) is 3. The molecule has 144 valence electrons. The van der Waals surface area contributed by atoms with Crippen molar-refractivity contribution in [3.63, 3.8) is 0 Å². The molecule has 1 heterocycles. The molecule has 0 fully saturated rings. The maximum Gasteiger partial charge on any atom is 0.434 e. The van der Waals surface area contributed by atoms with E-state index in [1.165, 1.54) is 6.21 Å². The number of allylic oxidation sites excluding steroid dienone is 1. The van der Waals surface area contributed by atoms with Crippen LogP contribution in [0.2, 0.25) is 0 Å². The number of nitrogens with zero attached hydrogens (tertiary/aromatic N) is 3. The van der Waals surface area contributed by atoms with E-state index in [2.05, 4.69) is 50.7 Å². The molecule has 3 nitrogen and oxygen atoms in total. The summed E-state index contributed by atoms with van der Waals surface area (Å²) < 4.78 is 38.7. The SMILES string of the molecule is CCCC(/C=C(\C(C)CC)C1C=NC(C(F)(F)F)=CN1C)N(C)CC. The van der Waals surface area contributed by atoms with Gasteiger partial charge in [-0.2, -0.15) is 13.2 Å². The molecule has 0 aromatic rings. The van der Waals surface area contributed by atoms with E-state index in [9.17, 15) is 13.2 Å². The van der Waals surface area contributed by atoms with Crippen LogP contribution >= 0.6 is 0 Å². The summed E-state index contributed by atoms with van der Waals surface area (Å²) in [6, 6.07) is 0.0551. The first-order chi connectivity index (χ1) is 11.6. The molecule has 6 heteroatoms. The second-order valence-corrected chi connectivity index (χ2v) is 6.81. The van der Waals surface area contributed by atoms with Crippen LogP contribution in [-0.4, -0.2) is 54.9 Å². The van der Waals surface area contributed by atoms with E-state index in [0.717, 1.165) is 37.6 Å². The van der Waals surface area contributed by atoms with E-state index in [-0.39, 0.29) is 18.0 Å². The van der Waals surface area contributed by atoms with Crippen molar-refractivity contribution in [2.45, 2.75) is 65.2 Å². The van der Waals surface area contributed by atoms with Gasteiger partial charge in [0.15, 0.2) is 5.70 Å². The van der Waals surface area contributed by atoms with Crippen molar-refractivity contribution in [3.05, 3.63) is 23.5 Å². The van der Waals surface area contributed by atoms with Crippen LogP contribution in [0.15, 0.2) is 28.5 Å². The van der Waals surface area contributed by atoms with Gasteiger partial charge in [0.25, 0.3) is 0 Å². The second-order valence-electron chi connectivity index (χ2n) is 6.81. The van der Waals surface area contributed by atoms with Crippen molar-refractivity contribution in [3.8, 4) is 0 Å². The lowest BCUT2D eigenvalue weighted by Gasteiger charge is -2.34. The van der Waals surface area contributed by atoms with E-state index in [0.29, 0.717) is 0 Å². The van der Waals surface area contributed by atoms with Crippen LogP contribution in [0.25, 0.3) is 0 Å². The van der Waals surface area contributed by atoms with Crippen LogP contribution in [0.4, 0.5) is 13.2 Å². The van der Waals surface area contributed by atoms with E-state index in [1.807, 2.05) is 0 Å². The van der Waals surface area contributed by atoms with E-state index in [4.69, 9.17) is 0 Å². The Kier molecular flexibility index (Phi) is 8.19. The number of halogens is 3. The van der Waals surface area contributed by atoms with E-state index in [1.54, 1.807) is 11.9 Å². The first kappa shape index (κ1) is 21.7. The lowest BCUT2D eigenvalue weighted by atomic mass is 9.88. The maximum atomic E-state index is 12.9. The zero-order valence-electron chi connectivity index (χ0n) is 16.3. The molecule has 1 rings (SSSR count). The maximum absolute atomic E-state index is 12.9. The Bertz CT molecular complexity index is 509. The molecule has 3 unspecified atom stereocenters. The summed E-state index contributed by atoms with van der Waals surface area (Å²) in [5.41, 5.74) is 0.301. The van der Waals surface area contributed by atoms with Crippen LogP contribution in [-0.2, 0) is 0 Å². The van der Waals surface area contributed by atoms with Gasteiger partial charge in [0.1, 0.15) is 0 Å². The molecular weight excluding hydrogens is 327 g/mol. The summed E-state index contributed by atoms with van der Waals surface area (Å²) in [7, 11) is 3.78. The fourth-order valence-electron chi connectivity index (χ4n) is 3.00. The van der Waals surface area contributed by atoms with Crippen molar-refractivity contribution < 1.29 is 13.2 Å². The predicted molar refractivity (Wildman–Crippen MR) is 98.7 cm³/mol. The molecule has 0 saturated heterocycles. The number of likely N-dealkylation sites (N-methyl/N-ethyl adjacent to an activating group) is 2. The molecule has 0 amide bonds. The Morgan fingerprint density at radius 1 is 1.36 bits per heavy atom. The summed E-state index contributed by atoms with van der Waals surface area (Å²) in [4.78, 5) is 7.61. The number of alkyl halides is 3. The second kappa shape index (κ2) is 9.41. The average Bonchev–Trinajstić information content (AvgIpc) is 2.56. The highest BCUT2D eigenvalue weighted by molar-refractivity contribution is 5.72.